The number of carbonyl (C=O) groups is 1. The van der Waals surface area contributed by atoms with Gasteiger partial charge in [-0.25, -0.2) is 4.68 Å². The van der Waals surface area contributed by atoms with Crippen LogP contribution in [0, 0.1) is 6.92 Å². The summed E-state index contributed by atoms with van der Waals surface area (Å²) in [5.74, 6) is 0.0440. The maximum atomic E-state index is 12.6. The fraction of sp³-hybridized carbons (Fsp3) is 0.292. The number of carbonyl (C=O) groups excluding carboxylic acids is 1. The van der Waals surface area contributed by atoms with Crippen molar-refractivity contribution in [3.05, 3.63) is 89.3 Å². The van der Waals surface area contributed by atoms with E-state index < -0.39 is 0 Å². The molecule has 0 aliphatic carbocycles. The molecule has 0 bridgehead atoms. The molecule has 1 aliphatic rings. The molecule has 2 heterocycles. The molecule has 1 amide bonds. The van der Waals surface area contributed by atoms with E-state index in [1.165, 1.54) is 21.6 Å². The van der Waals surface area contributed by atoms with Crippen molar-refractivity contribution in [2.75, 3.05) is 26.2 Å². The summed E-state index contributed by atoms with van der Waals surface area (Å²) in [6.45, 7) is 7.37. The van der Waals surface area contributed by atoms with Crippen molar-refractivity contribution >= 4 is 12.0 Å². The SMILES string of the molecule is Cc1ccccc1C[NH+]1CCN(C(=O)/C=C/c2cn(Cc3ccccc3)nn2)CC1. The van der Waals surface area contributed by atoms with Crippen LogP contribution < -0.4 is 4.90 Å². The molecule has 1 aliphatic heterocycles. The van der Waals surface area contributed by atoms with Gasteiger partial charge in [0.15, 0.2) is 0 Å². The Morgan fingerprint density at radius 2 is 1.80 bits per heavy atom. The number of hydrogen-bond donors (Lipinski definition) is 1. The molecular formula is C24H28N5O+. The van der Waals surface area contributed by atoms with Gasteiger partial charge in [0, 0.05) is 11.6 Å². The lowest BCUT2D eigenvalue weighted by molar-refractivity contribution is -0.917. The summed E-state index contributed by atoms with van der Waals surface area (Å²) in [5.41, 5.74) is 4.60. The van der Waals surface area contributed by atoms with Gasteiger partial charge in [0.25, 0.3) is 0 Å². The molecule has 1 aromatic heterocycles. The van der Waals surface area contributed by atoms with E-state index in [0.717, 1.165) is 32.7 Å². The minimum Gasteiger partial charge on any atom is -0.328 e. The van der Waals surface area contributed by atoms with Gasteiger partial charge in [-0.15, -0.1) is 5.10 Å². The molecule has 0 atom stereocenters. The molecule has 0 radical (unpaired) electrons. The molecule has 0 unspecified atom stereocenters. The summed E-state index contributed by atoms with van der Waals surface area (Å²) < 4.78 is 1.78. The highest BCUT2D eigenvalue weighted by molar-refractivity contribution is 5.91. The average molecular weight is 403 g/mol. The molecule has 1 fully saturated rings. The molecule has 3 aromatic rings. The average Bonchev–Trinajstić information content (AvgIpc) is 3.22. The number of nitrogens with zero attached hydrogens (tertiary/aromatic N) is 4. The van der Waals surface area contributed by atoms with E-state index in [1.807, 2.05) is 29.3 Å². The molecule has 4 rings (SSSR count). The first-order valence-electron chi connectivity index (χ1n) is 10.5. The minimum atomic E-state index is 0.0440. The monoisotopic (exact) mass is 402 g/mol. The van der Waals surface area contributed by atoms with E-state index >= 15 is 0 Å². The van der Waals surface area contributed by atoms with E-state index in [4.69, 9.17) is 0 Å². The first kappa shape index (κ1) is 20.0. The molecule has 30 heavy (non-hydrogen) atoms. The Morgan fingerprint density at radius 3 is 2.57 bits per heavy atom. The maximum Gasteiger partial charge on any atom is 0.247 e. The Labute approximate surface area is 177 Å². The zero-order valence-corrected chi connectivity index (χ0v) is 17.4. The number of quaternary nitrogens is 1. The molecule has 0 spiro atoms. The topological polar surface area (TPSA) is 55.5 Å². The molecule has 6 nitrogen and oxygen atoms in total. The summed E-state index contributed by atoms with van der Waals surface area (Å²) in [7, 11) is 0. The lowest BCUT2D eigenvalue weighted by Crippen LogP contribution is -3.13. The van der Waals surface area contributed by atoms with Gasteiger partial charge < -0.3 is 9.80 Å². The standard InChI is InChI=1S/C24H27N5O/c1-20-7-5-6-10-22(20)18-27-13-15-28(16-14-27)24(30)12-11-23-19-29(26-25-23)17-21-8-3-2-4-9-21/h2-12,19H,13-18H2,1H3/p+1/b12-11+. The Balaban J connectivity index is 1.27. The second-order valence-corrected chi connectivity index (χ2v) is 7.84. The van der Waals surface area contributed by atoms with E-state index in [1.54, 1.807) is 16.8 Å². The van der Waals surface area contributed by atoms with Crippen molar-refractivity contribution in [3.8, 4) is 0 Å². The van der Waals surface area contributed by atoms with Crippen LogP contribution in [0.1, 0.15) is 22.4 Å². The predicted molar refractivity (Wildman–Crippen MR) is 117 cm³/mol. The number of rotatable bonds is 6. The van der Waals surface area contributed by atoms with Crippen LogP contribution in [0.4, 0.5) is 0 Å². The molecule has 0 saturated carbocycles. The number of piperazine rings is 1. The Kier molecular flexibility index (Phi) is 6.35. The number of aromatic nitrogens is 3. The molecule has 6 heteroatoms. The third kappa shape index (κ3) is 5.21. The Morgan fingerprint density at radius 1 is 1.07 bits per heavy atom. The number of nitrogens with one attached hydrogen (secondary N) is 1. The van der Waals surface area contributed by atoms with Crippen LogP contribution in [-0.2, 0) is 17.9 Å². The second kappa shape index (κ2) is 9.50. The summed E-state index contributed by atoms with van der Waals surface area (Å²) in [6, 6.07) is 18.7. The molecule has 2 aromatic carbocycles. The molecule has 1 N–H and O–H groups in total. The van der Waals surface area contributed by atoms with Gasteiger partial charge in [0.05, 0.1) is 38.9 Å². The van der Waals surface area contributed by atoms with Crippen molar-refractivity contribution in [1.29, 1.82) is 0 Å². The van der Waals surface area contributed by atoms with Crippen LogP contribution in [0.15, 0.2) is 66.9 Å². The lowest BCUT2D eigenvalue weighted by Gasteiger charge is -2.32. The fourth-order valence-corrected chi connectivity index (χ4v) is 3.80. The summed E-state index contributed by atoms with van der Waals surface area (Å²) in [5, 5.41) is 8.29. The van der Waals surface area contributed by atoms with Crippen LogP contribution in [0.5, 0.6) is 0 Å². The van der Waals surface area contributed by atoms with Gasteiger partial charge in [-0.3, -0.25) is 4.79 Å². The predicted octanol–water partition coefficient (Wildman–Crippen LogP) is 1.58. The number of aryl methyl sites for hydroxylation is 1. The van der Waals surface area contributed by atoms with Gasteiger partial charge >= 0.3 is 0 Å². The fourth-order valence-electron chi connectivity index (χ4n) is 3.80. The minimum absolute atomic E-state index is 0.0440. The van der Waals surface area contributed by atoms with Gasteiger partial charge in [-0.05, 0) is 24.1 Å². The van der Waals surface area contributed by atoms with Crippen molar-refractivity contribution in [1.82, 2.24) is 19.9 Å². The van der Waals surface area contributed by atoms with Crippen LogP contribution in [0.25, 0.3) is 6.08 Å². The van der Waals surface area contributed by atoms with Crippen LogP contribution >= 0.6 is 0 Å². The first-order valence-corrected chi connectivity index (χ1v) is 10.5. The molecular weight excluding hydrogens is 374 g/mol. The van der Waals surface area contributed by atoms with Crippen molar-refractivity contribution in [3.63, 3.8) is 0 Å². The Hall–Kier alpha value is -3.25. The van der Waals surface area contributed by atoms with E-state index in [0.29, 0.717) is 12.2 Å². The zero-order valence-electron chi connectivity index (χ0n) is 17.4. The summed E-state index contributed by atoms with van der Waals surface area (Å²) in [6.07, 6.45) is 5.23. The van der Waals surface area contributed by atoms with Crippen LogP contribution in [0.2, 0.25) is 0 Å². The highest BCUT2D eigenvalue weighted by atomic mass is 16.2. The number of hydrogen-bond acceptors (Lipinski definition) is 3. The van der Waals surface area contributed by atoms with Crippen molar-refractivity contribution in [2.45, 2.75) is 20.0 Å². The normalized spacial score (nSPS) is 15.0. The highest BCUT2D eigenvalue weighted by Gasteiger charge is 2.22. The van der Waals surface area contributed by atoms with E-state index in [9.17, 15) is 4.79 Å². The van der Waals surface area contributed by atoms with Gasteiger partial charge in [0.1, 0.15) is 12.2 Å². The third-order valence-electron chi connectivity index (χ3n) is 5.62. The van der Waals surface area contributed by atoms with Crippen molar-refractivity contribution < 1.29 is 9.69 Å². The summed E-state index contributed by atoms with van der Waals surface area (Å²) >= 11 is 0. The molecule has 1 saturated heterocycles. The molecule has 154 valence electrons. The smallest absolute Gasteiger partial charge is 0.247 e. The number of amides is 1. The first-order chi connectivity index (χ1) is 14.7. The lowest BCUT2D eigenvalue weighted by atomic mass is 10.1. The van der Waals surface area contributed by atoms with Gasteiger partial charge in [-0.2, -0.15) is 0 Å². The van der Waals surface area contributed by atoms with E-state index in [2.05, 4.69) is 53.6 Å². The highest BCUT2D eigenvalue weighted by Crippen LogP contribution is 2.06. The number of benzene rings is 2. The van der Waals surface area contributed by atoms with Crippen LogP contribution in [0.3, 0.4) is 0 Å². The second-order valence-electron chi connectivity index (χ2n) is 7.84. The van der Waals surface area contributed by atoms with Gasteiger partial charge in [0.2, 0.25) is 5.91 Å². The largest absolute Gasteiger partial charge is 0.328 e. The van der Waals surface area contributed by atoms with Gasteiger partial charge in [-0.1, -0.05) is 59.8 Å². The van der Waals surface area contributed by atoms with E-state index in [-0.39, 0.29) is 5.91 Å². The van der Waals surface area contributed by atoms with Crippen molar-refractivity contribution in [2.24, 2.45) is 0 Å². The third-order valence-corrected chi connectivity index (χ3v) is 5.62. The quantitative estimate of drug-likeness (QED) is 0.637. The summed E-state index contributed by atoms with van der Waals surface area (Å²) in [4.78, 5) is 16.0. The van der Waals surface area contributed by atoms with Crippen LogP contribution in [-0.4, -0.2) is 52.0 Å². The Bertz CT molecular complexity index is 1000. The maximum absolute atomic E-state index is 12.6. The zero-order chi connectivity index (χ0) is 20.8.